The van der Waals surface area contributed by atoms with Gasteiger partial charge in [-0.1, -0.05) is 17.7 Å². The number of esters is 1. The Morgan fingerprint density at radius 1 is 1.08 bits per heavy atom. The van der Waals surface area contributed by atoms with Gasteiger partial charge in [0.15, 0.2) is 0 Å². The largest absolute Gasteiger partial charge is 0.465 e. The second-order valence-electron chi connectivity index (χ2n) is 5.53. The molecule has 1 aromatic heterocycles. The number of methoxy groups -OCH3 is 1. The number of hydrogen-bond donors (Lipinski definition) is 1. The number of fused-ring (bicyclic) bond motifs is 1. The van der Waals surface area contributed by atoms with Gasteiger partial charge in [-0.15, -0.1) is 12.4 Å². The Bertz CT molecular complexity index is 894. The fourth-order valence-electron chi connectivity index (χ4n) is 2.57. The van der Waals surface area contributed by atoms with E-state index in [9.17, 15) is 4.79 Å². The van der Waals surface area contributed by atoms with Crippen molar-refractivity contribution in [1.82, 2.24) is 4.98 Å². The summed E-state index contributed by atoms with van der Waals surface area (Å²) in [6.07, 6.45) is 0. The molecule has 1 N–H and O–H groups in total. The molecule has 0 bridgehead atoms. The molecule has 2 aromatic carbocycles. The number of nitrogens with one attached hydrogen (secondary N) is 1. The van der Waals surface area contributed by atoms with E-state index in [1.807, 2.05) is 31.2 Å². The maximum atomic E-state index is 11.7. The van der Waals surface area contributed by atoms with Crippen molar-refractivity contribution in [3.8, 4) is 0 Å². The number of nitrogens with zero attached hydrogens (tertiary/aromatic N) is 1. The first-order chi connectivity index (χ1) is 11.1. The molecule has 0 aliphatic carbocycles. The number of benzene rings is 2. The SMILES string of the molecule is COC(=O)c1cccc(Nc2cc(C)nc3ccc(C)cc23)c1.Cl. The second kappa shape index (κ2) is 7.32. The van der Waals surface area contributed by atoms with Gasteiger partial charge in [0.25, 0.3) is 0 Å². The number of pyridine rings is 1. The molecule has 0 aliphatic rings. The minimum Gasteiger partial charge on any atom is -0.465 e. The first-order valence-corrected chi connectivity index (χ1v) is 7.40. The Morgan fingerprint density at radius 2 is 1.88 bits per heavy atom. The van der Waals surface area contributed by atoms with Gasteiger partial charge in [0.05, 0.1) is 18.2 Å². The predicted molar refractivity (Wildman–Crippen MR) is 99.5 cm³/mol. The molecule has 0 spiro atoms. The van der Waals surface area contributed by atoms with Crippen LogP contribution in [0.5, 0.6) is 0 Å². The molecule has 3 aromatic rings. The highest BCUT2D eigenvalue weighted by molar-refractivity contribution is 5.95. The fraction of sp³-hybridized carbons (Fsp3) is 0.158. The minimum absolute atomic E-state index is 0. The lowest BCUT2D eigenvalue weighted by Gasteiger charge is -2.12. The van der Waals surface area contributed by atoms with Gasteiger partial charge in [0.1, 0.15) is 0 Å². The number of anilines is 2. The van der Waals surface area contributed by atoms with Crippen LogP contribution in [0.3, 0.4) is 0 Å². The molecule has 4 nitrogen and oxygen atoms in total. The lowest BCUT2D eigenvalue weighted by Crippen LogP contribution is -2.02. The molecule has 3 rings (SSSR count). The van der Waals surface area contributed by atoms with Crippen LogP contribution in [0, 0.1) is 13.8 Å². The van der Waals surface area contributed by atoms with Crippen molar-refractivity contribution in [3.63, 3.8) is 0 Å². The van der Waals surface area contributed by atoms with Crippen LogP contribution >= 0.6 is 12.4 Å². The number of aromatic nitrogens is 1. The molecule has 0 saturated carbocycles. The summed E-state index contributed by atoms with van der Waals surface area (Å²) in [6, 6.07) is 15.4. The minimum atomic E-state index is -0.347. The van der Waals surface area contributed by atoms with Gasteiger partial charge in [-0.25, -0.2) is 4.79 Å². The van der Waals surface area contributed by atoms with Gasteiger partial charge in [-0.05, 0) is 50.2 Å². The van der Waals surface area contributed by atoms with Crippen LogP contribution in [0.1, 0.15) is 21.6 Å². The number of ether oxygens (including phenoxy) is 1. The summed E-state index contributed by atoms with van der Waals surface area (Å²) in [7, 11) is 1.38. The summed E-state index contributed by atoms with van der Waals surface area (Å²) in [5.74, 6) is -0.347. The van der Waals surface area contributed by atoms with Crippen molar-refractivity contribution in [2.24, 2.45) is 0 Å². The molecule has 1 heterocycles. The highest BCUT2D eigenvalue weighted by Crippen LogP contribution is 2.27. The lowest BCUT2D eigenvalue weighted by molar-refractivity contribution is 0.0601. The zero-order valence-electron chi connectivity index (χ0n) is 13.8. The molecule has 0 atom stereocenters. The molecule has 0 amide bonds. The number of carbonyl (C=O) groups excluding carboxylic acids is 1. The zero-order chi connectivity index (χ0) is 16.4. The number of carbonyl (C=O) groups is 1. The van der Waals surface area contributed by atoms with Crippen molar-refractivity contribution in [2.75, 3.05) is 12.4 Å². The van der Waals surface area contributed by atoms with E-state index in [0.717, 1.165) is 28.0 Å². The Hall–Kier alpha value is -2.59. The van der Waals surface area contributed by atoms with E-state index in [2.05, 4.69) is 29.4 Å². The normalized spacial score (nSPS) is 10.1. The maximum absolute atomic E-state index is 11.7. The lowest BCUT2D eigenvalue weighted by atomic mass is 10.1. The van der Waals surface area contributed by atoms with Crippen LogP contribution < -0.4 is 5.32 Å². The molecular formula is C19H19ClN2O2. The highest BCUT2D eigenvalue weighted by atomic mass is 35.5. The van der Waals surface area contributed by atoms with E-state index >= 15 is 0 Å². The predicted octanol–water partition coefficient (Wildman–Crippen LogP) is 4.80. The average Bonchev–Trinajstić information content (AvgIpc) is 2.55. The monoisotopic (exact) mass is 342 g/mol. The number of rotatable bonds is 3. The van der Waals surface area contributed by atoms with Gasteiger partial charge in [-0.2, -0.15) is 0 Å². The van der Waals surface area contributed by atoms with Crippen LogP contribution in [0.25, 0.3) is 10.9 Å². The smallest absolute Gasteiger partial charge is 0.337 e. The second-order valence-corrected chi connectivity index (χ2v) is 5.53. The van der Waals surface area contributed by atoms with Crippen molar-refractivity contribution in [1.29, 1.82) is 0 Å². The summed E-state index contributed by atoms with van der Waals surface area (Å²) in [6.45, 7) is 4.02. The molecule has 24 heavy (non-hydrogen) atoms. The van der Waals surface area contributed by atoms with Crippen LogP contribution in [0.15, 0.2) is 48.5 Å². The standard InChI is InChI=1S/C19H18N2O2.ClH/c1-12-7-8-17-16(9-12)18(10-13(2)20-17)21-15-6-4-5-14(11-15)19(22)23-3;/h4-11H,1-3H3,(H,20,21);1H. The molecule has 0 fully saturated rings. The van der Waals surface area contributed by atoms with Gasteiger partial charge >= 0.3 is 5.97 Å². The van der Waals surface area contributed by atoms with Crippen LogP contribution in [-0.2, 0) is 4.74 Å². The summed E-state index contributed by atoms with van der Waals surface area (Å²) < 4.78 is 4.77. The summed E-state index contributed by atoms with van der Waals surface area (Å²) >= 11 is 0. The van der Waals surface area contributed by atoms with Crippen molar-refractivity contribution >= 4 is 40.7 Å². The van der Waals surface area contributed by atoms with Gasteiger partial charge in [-0.3, -0.25) is 4.98 Å². The third-order valence-electron chi connectivity index (χ3n) is 3.65. The number of halogens is 1. The third-order valence-corrected chi connectivity index (χ3v) is 3.65. The highest BCUT2D eigenvalue weighted by Gasteiger charge is 2.08. The number of aryl methyl sites for hydroxylation is 2. The molecular weight excluding hydrogens is 324 g/mol. The quantitative estimate of drug-likeness (QED) is 0.694. The summed E-state index contributed by atoms with van der Waals surface area (Å²) in [5.41, 5.74) is 5.38. The van der Waals surface area contributed by atoms with E-state index in [4.69, 9.17) is 4.74 Å². The molecule has 124 valence electrons. The van der Waals surface area contributed by atoms with Crippen molar-refractivity contribution < 1.29 is 9.53 Å². The Kier molecular flexibility index (Phi) is 5.42. The third kappa shape index (κ3) is 3.66. The van der Waals surface area contributed by atoms with Crippen LogP contribution in [-0.4, -0.2) is 18.1 Å². The fourth-order valence-corrected chi connectivity index (χ4v) is 2.57. The van der Waals surface area contributed by atoms with E-state index in [1.165, 1.54) is 12.7 Å². The van der Waals surface area contributed by atoms with E-state index in [-0.39, 0.29) is 18.4 Å². The van der Waals surface area contributed by atoms with Gasteiger partial charge in [0.2, 0.25) is 0 Å². The van der Waals surface area contributed by atoms with Gasteiger partial charge in [0, 0.05) is 22.5 Å². The molecule has 0 aliphatic heterocycles. The molecule has 0 saturated heterocycles. The maximum Gasteiger partial charge on any atom is 0.337 e. The first-order valence-electron chi connectivity index (χ1n) is 7.40. The zero-order valence-corrected chi connectivity index (χ0v) is 14.6. The van der Waals surface area contributed by atoms with E-state index in [1.54, 1.807) is 12.1 Å². The molecule has 5 heteroatoms. The molecule has 0 unspecified atom stereocenters. The summed E-state index contributed by atoms with van der Waals surface area (Å²) in [4.78, 5) is 16.2. The Balaban J connectivity index is 0.00000208. The first kappa shape index (κ1) is 17.8. The Labute approximate surface area is 147 Å². The molecule has 0 radical (unpaired) electrons. The topological polar surface area (TPSA) is 51.2 Å². The van der Waals surface area contributed by atoms with E-state index in [0.29, 0.717) is 5.56 Å². The van der Waals surface area contributed by atoms with Gasteiger partial charge < -0.3 is 10.1 Å². The van der Waals surface area contributed by atoms with E-state index < -0.39 is 0 Å². The summed E-state index contributed by atoms with van der Waals surface area (Å²) in [5, 5.41) is 4.44. The number of hydrogen-bond acceptors (Lipinski definition) is 4. The van der Waals surface area contributed by atoms with Crippen molar-refractivity contribution in [2.45, 2.75) is 13.8 Å². The van der Waals surface area contributed by atoms with Crippen LogP contribution in [0.4, 0.5) is 11.4 Å². The Morgan fingerprint density at radius 3 is 2.62 bits per heavy atom. The average molecular weight is 343 g/mol. The van der Waals surface area contributed by atoms with Crippen molar-refractivity contribution in [3.05, 3.63) is 65.4 Å². The van der Waals surface area contributed by atoms with Crippen LogP contribution in [0.2, 0.25) is 0 Å².